The van der Waals surface area contributed by atoms with Crippen molar-refractivity contribution in [3.63, 3.8) is 0 Å². The Morgan fingerprint density at radius 3 is 2.16 bits per heavy atom. The lowest BCUT2D eigenvalue weighted by Gasteiger charge is -2.54. The van der Waals surface area contributed by atoms with Crippen LogP contribution in [0.2, 0.25) is 0 Å². The van der Waals surface area contributed by atoms with Gasteiger partial charge in [0.05, 0.1) is 31.0 Å². The van der Waals surface area contributed by atoms with E-state index < -0.39 is 116 Å². The number of carbonyl (C=O) groups excluding carboxylic acids is 2. The fourth-order valence-corrected chi connectivity index (χ4v) is 12.3. The number of hydrogen-bond donors (Lipinski definition) is 9. The SMILES string of the molecule is C=C1[C@@H](C2=CC(=O)OC2)CC[C@@]2(O)[C@@H]1C[C@H]1[C@H]2CC[C@@H]2C[C@@H](O[C@@H]3O[C@@H](C)[C@H](O[C@@H]4O[C@H](CO[C@@H]5O[C@H](CO)[C@@H](O)[C@H](O)[C@H]5O)[C@@H](O)[C@H](O)[C@H]4O)[C@@H](OC)[C@@H]3O)CC[C@@]21C=O. The van der Waals surface area contributed by atoms with Crippen molar-refractivity contribution >= 4 is 12.3 Å². The molecule has 0 spiro atoms. The second-order valence-corrected chi connectivity index (χ2v) is 18.6. The van der Waals surface area contributed by atoms with Gasteiger partial charge in [0, 0.05) is 30.4 Å². The smallest absolute Gasteiger partial charge is 0.331 e. The Balaban J connectivity index is 0.887. The molecule has 0 unspecified atom stereocenters. The minimum atomic E-state index is -1.80. The number of rotatable bonds is 11. The number of aliphatic hydroxyl groups excluding tert-OH is 8. The molecule has 0 aromatic heterocycles. The number of esters is 1. The van der Waals surface area contributed by atoms with Gasteiger partial charge in [-0.1, -0.05) is 12.2 Å². The van der Waals surface area contributed by atoms with E-state index in [4.69, 9.17) is 37.9 Å². The third-order valence-electron chi connectivity index (χ3n) is 15.6. The molecule has 0 amide bonds. The molecule has 23 atom stereocenters. The van der Waals surface area contributed by atoms with Crippen molar-refractivity contribution in [1.82, 2.24) is 0 Å². The molecule has 0 bridgehead atoms. The van der Waals surface area contributed by atoms with E-state index >= 15 is 0 Å². The van der Waals surface area contributed by atoms with E-state index in [1.807, 2.05) is 0 Å². The average molecular weight is 871 g/mol. The largest absolute Gasteiger partial charge is 0.458 e. The highest BCUT2D eigenvalue weighted by atomic mass is 16.8. The predicted molar refractivity (Wildman–Crippen MR) is 203 cm³/mol. The Labute approximate surface area is 353 Å². The van der Waals surface area contributed by atoms with Gasteiger partial charge >= 0.3 is 5.97 Å². The molecule has 7 fully saturated rings. The molecule has 4 saturated carbocycles. The zero-order valence-corrected chi connectivity index (χ0v) is 34.4. The lowest BCUT2D eigenvalue weighted by molar-refractivity contribution is -0.367. The predicted octanol–water partition coefficient (Wildman–Crippen LogP) is -2.29. The van der Waals surface area contributed by atoms with E-state index in [0.29, 0.717) is 38.5 Å². The molecule has 4 aliphatic carbocycles. The molecule has 4 aliphatic heterocycles. The molecule has 8 aliphatic rings. The van der Waals surface area contributed by atoms with Gasteiger partial charge < -0.3 is 88.6 Å². The van der Waals surface area contributed by atoms with E-state index in [1.165, 1.54) is 7.11 Å². The number of cyclic esters (lactones) is 1. The summed E-state index contributed by atoms with van der Waals surface area (Å²) in [5.74, 6) is -0.732. The number of aldehydes is 1. The van der Waals surface area contributed by atoms with Crippen molar-refractivity contribution in [1.29, 1.82) is 0 Å². The van der Waals surface area contributed by atoms with Gasteiger partial charge in [-0.15, -0.1) is 0 Å². The molecule has 61 heavy (non-hydrogen) atoms. The Bertz CT molecular complexity index is 1640. The Hall–Kier alpha value is -2.02. The molecule has 0 aromatic carbocycles. The van der Waals surface area contributed by atoms with Crippen LogP contribution < -0.4 is 0 Å². The number of carbonyl (C=O) groups is 2. The minimum absolute atomic E-state index is 0.0295. The summed E-state index contributed by atoms with van der Waals surface area (Å²) in [5, 5.41) is 96.2. The second-order valence-electron chi connectivity index (χ2n) is 18.6. The van der Waals surface area contributed by atoms with Crippen LogP contribution in [0.25, 0.3) is 0 Å². The van der Waals surface area contributed by atoms with Crippen LogP contribution in [0.15, 0.2) is 23.8 Å². The summed E-state index contributed by atoms with van der Waals surface area (Å²) in [5.41, 5.74) is 0.170. The third-order valence-corrected chi connectivity index (χ3v) is 15.6. The van der Waals surface area contributed by atoms with E-state index in [9.17, 15) is 55.5 Å². The molecule has 19 heteroatoms. The summed E-state index contributed by atoms with van der Waals surface area (Å²) in [6.07, 6.45) is -14.5. The van der Waals surface area contributed by atoms with Crippen LogP contribution in [0.3, 0.4) is 0 Å². The van der Waals surface area contributed by atoms with E-state index in [1.54, 1.807) is 13.0 Å². The molecule has 0 aromatic rings. The number of aliphatic hydroxyl groups is 9. The van der Waals surface area contributed by atoms with Crippen LogP contribution in [0, 0.1) is 35.0 Å². The topological polar surface area (TPSA) is 290 Å². The molecule has 8 rings (SSSR count). The first-order valence-corrected chi connectivity index (χ1v) is 21.6. The zero-order valence-electron chi connectivity index (χ0n) is 34.4. The van der Waals surface area contributed by atoms with Crippen molar-refractivity contribution in [2.75, 3.05) is 26.9 Å². The van der Waals surface area contributed by atoms with Gasteiger partial charge in [0.1, 0.15) is 80.0 Å². The van der Waals surface area contributed by atoms with Gasteiger partial charge in [-0.25, -0.2) is 4.79 Å². The summed E-state index contributed by atoms with van der Waals surface area (Å²) in [4.78, 5) is 25.1. The molecular weight excluding hydrogens is 808 g/mol. The Morgan fingerprint density at radius 2 is 1.49 bits per heavy atom. The third kappa shape index (κ3) is 7.87. The van der Waals surface area contributed by atoms with Crippen molar-refractivity contribution in [3.8, 4) is 0 Å². The maximum atomic E-state index is 13.3. The minimum Gasteiger partial charge on any atom is -0.458 e. The molecule has 19 nitrogen and oxygen atoms in total. The van der Waals surface area contributed by atoms with Gasteiger partial charge in [-0.3, -0.25) is 0 Å². The number of fused-ring (bicyclic) bond motifs is 5. The van der Waals surface area contributed by atoms with Crippen LogP contribution >= 0.6 is 0 Å². The Morgan fingerprint density at radius 1 is 0.803 bits per heavy atom. The molecular formula is C42H62O19. The molecule has 9 N–H and O–H groups in total. The monoisotopic (exact) mass is 870 g/mol. The summed E-state index contributed by atoms with van der Waals surface area (Å²) in [7, 11) is 1.35. The van der Waals surface area contributed by atoms with E-state index in [2.05, 4.69) is 6.58 Å². The summed E-state index contributed by atoms with van der Waals surface area (Å²) < 4.78 is 46.3. The maximum Gasteiger partial charge on any atom is 0.331 e. The molecule has 4 heterocycles. The van der Waals surface area contributed by atoms with E-state index in [-0.39, 0.29) is 48.3 Å². The number of hydrogen-bond acceptors (Lipinski definition) is 19. The highest BCUT2D eigenvalue weighted by molar-refractivity contribution is 5.85. The second kappa shape index (κ2) is 17.8. The van der Waals surface area contributed by atoms with Gasteiger partial charge in [0.25, 0.3) is 0 Å². The highest BCUT2D eigenvalue weighted by Gasteiger charge is 2.66. The summed E-state index contributed by atoms with van der Waals surface area (Å²) >= 11 is 0. The first kappa shape index (κ1) is 45.5. The fraction of sp³-hybridized carbons (Fsp3) is 0.857. The molecule has 3 saturated heterocycles. The van der Waals surface area contributed by atoms with Crippen molar-refractivity contribution in [2.45, 2.75) is 162 Å². The van der Waals surface area contributed by atoms with Gasteiger partial charge in [-0.2, -0.15) is 0 Å². The number of methoxy groups -OCH3 is 1. The van der Waals surface area contributed by atoms with Gasteiger partial charge in [0.2, 0.25) is 0 Å². The summed E-state index contributed by atoms with van der Waals surface area (Å²) in [6.45, 7) is 5.08. The maximum absolute atomic E-state index is 13.3. The lowest BCUT2D eigenvalue weighted by atomic mass is 9.51. The Kier molecular flexibility index (Phi) is 13.3. The van der Waals surface area contributed by atoms with Crippen molar-refractivity contribution < 1.29 is 93.4 Å². The van der Waals surface area contributed by atoms with Crippen LogP contribution in [0.5, 0.6) is 0 Å². The van der Waals surface area contributed by atoms with Crippen LogP contribution in [-0.2, 0) is 47.5 Å². The van der Waals surface area contributed by atoms with Gasteiger partial charge in [-0.05, 0) is 81.6 Å². The fourth-order valence-electron chi connectivity index (χ4n) is 12.3. The van der Waals surface area contributed by atoms with Crippen molar-refractivity contribution in [2.24, 2.45) is 35.0 Å². The van der Waals surface area contributed by atoms with Crippen LogP contribution in [-0.4, -0.2) is 189 Å². The number of ether oxygens (including phenoxy) is 8. The summed E-state index contributed by atoms with van der Waals surface area (Å²) in [6, 6.07) is 0. The van der Waals surface area contributed by atoms with E-state index in [0.717, 1.165) is 30.3 Å². The highest BCUT2D eigenvalue weighted by Crippen LogP contribution is 2.67. The standard InChI is InChI=1S/C42H62O19/c1-17-22(19-10-28(45)55-14-19)7-9-42(53)23-5-4-20-11-21(6-8-41(20,16-44)25(23)12-24(17)42)58-40-35(52)37(54-3)36(18(2)57-40)61-39-34(51)32(49)30(47)27(60-39)15-56-38-33(50)31(48)29(46)26(13-43)59-38/h10,16,18,20-27,29-40,43,46-53H,1,4-9,11-15H2,2-3H3/t18-,20+,21-,22-,23+,24+,25-,26+,27+,29+,30+,31-,32-,33+,34+,35-,36-,37-,38+,39-,40-,41+,42-/m0/s1. The van der Waals surface area contributed by atoms with Crippen molar-refractivity contribution in [3.05, 3.63) is 23.8 Å². The first-order chi connectivity index (χ1) is 29.1. The normalized spacial score (nSPS) is 52.4. The zero-order chi connectivity index (χ0) is 43.7. The lowest BCUT2D eigenvalue weighted by Crippen LogP contribution is -2.65. The van der Waals surface area contributed by atoms with Crippen LogP contribution in [0.4, 0.5) is 0 Å². The first-order valence-electron chi connectivity index (χ1n) is 21.6. The molecule has 344 valence electrons. The quantitative estimate of drug-likeness (QED) is 0.0457. The molecule has 0 radical (unpaired) electrons. The average Bonchev–Trinajstić information content (AvgIpc) is 3.82. The van der Waals surface area contributed by atoms with Crippen LogP contribution in [0.1, 0.15) is 58.3 Å². The van der Waals surface area contributed by atoms with Gasteiger partial charge in [0.15, 0.2) is 18.9 Å².